The first-order valence-corrected chi connectivity index (χ1v) is 8.49. The van der Waals surface area contributed by atoms with Gasteiger partial charge in [0.15, 0.2) is 5.76 Å². The van der Waals surface area contributed by atoms with Gasteiger partial charge in [-0.1, -0.05) is 11.8 Å². The highest BCUT2D eigenvalue weighted by atomic mass is 32.2. The molecule has 3 aromatic rings. The van der Waals surface area contributed by atoms with Crippen LogP contribution < -0.4 is 15.3 Å². The summed E-state index contributed by atoms with van der Waals surface area (Å²) in [4.78, 5) is 0. The van der Waals surface area contributed by atoms with Crippen molar-refractivity contribution in [3.05, 3.63) is 42.7 Å². The van der Waals surface area contributed by atoms with Crippen LogP contribution in [0.3, 0.4) is 0 Å². The fourth-order valence-corrected chi connectivity index (χ4v) is 2.71. The number of nitrogens with zero attached hydrogens (tertiary/aromatic N) is 3. The Morgan fingerprint density at radius 1 is 1.12 bits per heavy atom. The van der Waals surface area contributed by atoms with Gasteiger partial charge in [-0.05, 0) is 43.3 Å². The van der Waals surface area contributed by atoms with E-state index in [9.17, 15) is 0 Å². The van der Waals surface area contributed by atoms with E-state index in [-0.39, 0.29) is 0 Å². The van der Waals surface area contributed by atoms with Crippen LogP contribution in [0, 0.1) is 0 Å². The number of nitrogens with two attached hydrogens (primary N) is 1. The maximum absolute atomic E-state index is 5.99. The zero-order valence-electron chi connectivity index (χ0n) is 13.2. The Hall–Kier alpha value is -2.61. The van der Waals surface area contributed by atoms with E-state index in [2.05, 4.69) is 10.2 Å². The minimum Gasteiger partial charge on any atom is -0.494 e. The van der Waals surface area contributed by atoms with Crippen molar-refractivity contribution < 1.29 is 13.9 Å². The average molecular weight is 346 g/mol. The van der Waals surface area contributed by atoms with Gasteiger partial charge in [0.25, 0.3) is 0 Å². The molecule has 126 valence electrons. The monoisotopic (exact) mass is 346 g/mol. The largest absolute Gasteiger partial charge is 0.494 e. The second-order valence-corrected chi connectivity index (χ2v) is 5.82. The van der Waals surface area contributed by atoms with Crippen molar-refractivity contribution in [2.24, 2.45) is 0 Å². The molecule has 0 spiro atoms. The van der Waals surface area contributed by atoms with E-state index >= 15 is 0 Å². The zero-order valence-corrected chi connectivity index (χ0v) is 14.0. The Labute approximate surface area is 143 Å². The van der Waals surface area contributed by atoms with Crippen molar-refractivity contribution in [1.29, 1.82) is 0 Å². The first kappa shape index (κ1) is 16.3. The number of benzene rings is 1. The lowest BCUT2D eigenvalue weighted by Crippen LogP contribution is -2.12. The number of thioether (sulfide) groups is 1. The van der Waals surface area contributed by atoms with Gasteiger partial charge in [-0.15, -0.1) is 10.2 Å². The van der Waals surface area contributed by atoms with Crippen LogP contribution in [-0.2, 0) is 0 Å². The molecular formula is C16H18N4O3S. The number of ether oxygens (including phenoxy) is 2. The van der Waals surface area contributed by atoms with Crippen LogP contribution >= 0.6 is 11.8 Å². The summed E-state index contributed by atoms with van der Waals surface area (Å²) in [5.41, 5.74) is 0. The molecule has 8 heteroatoms. The fourth-order valence-electron chi connectivity index (χ4n) is 2.04. The Balaban J connectivity index is 1.48. The summed E-state index contributed by atoms with van der Waals surface area (Å²) in [5.74, 6) is 9.40. The zero-order chi connectivity index (χ0) is 16.8. The Morgan fingerprint density at radius 3 is 2.54 bits per heavy atom. The van der Waals surface area contributed by atoms with Crippen LogP contribution in [0.2, 0.25) is 0 Å². The predicted octanol–water partition coefficient (Wildman–Crippen LogP) is 2.82. The van der Waals surface area contributed by atoms with Gasteiger partial charge in [-0.3, -0.25) is 0 Å². The van der Waals surface area contributed by atoms with Gasteiger partial charge in [0.2, 0.25) is 11.0 Å². The van der Waals surface area contributed by atoms with Gasteiger partial charge >= 0.3 is 0 Å². The van der Waals surface area contributed by atoms with Crippen LogP contribution in [0.1, 0.15) is 6.92 Å². The molecule has 0 aliphatic heterocycles. The van der Waals surface area contributed by atoms with Crippen molar-refractivity contribution in [2.45, 2.75) is 12.1 Å². The molecule has 0 atom stereocenters. The summed E-state index contributed by atoms with van der Waals surface area (Å²) in [6, 6.07) is 11.1. The molecule has 0 amide bonds. The number of hydrogen-bond donors (Lipinski definition) is 1. The van der Waals surface area contributed by atoms with E-state index in [1.54, 1.807) is 18.4 Å². The van der Waals surface area contributed by atoms with E-state index < -0.39 is 0 Å². The van der Waals surface area contributed by atoms with Crippen molar-refractivity contribution in [1.82, 2.24) is 14.9 Å². The predicted molar refractivity (Wildman–Crippen MR) is 91.7 cm³/mol. The van der Waals surface area contributed by atoms with Gasteiger partial charge in [-0.2, -0.15) is 0 Å². The molecule has 0 fully saturated rings. The summed E-state index contributed by atoms with van der Waals surface area (Å²) in [6.45, 7) is 3.13. The number of rotatable bonds is 8. The minimum absolute atomic E-state index is 0.495. The number of nitrogen functional groups attached to an aromatic ring is 1. The summed E-state index contributed by atoms with van der Waals surface area (Å²) < 4.78 is 17.8. The molecule has 0 aliphatic rings. The molecule has 3 rings (SSSR count). The van der Waals surface area contributed by atoms with Crippen LogP contribution in [0.5, 0.6) is 11.5 Å². The van der Waals surface area contributed by atoms with E-state index in [1.807, 2.05) is 31.2 Å². The summed E-state index contributed by atoms with van der Waals surface area (Å²) in [7, 11) is 0. The highest BCUT2D eigenvalue weighted by molar-refractivity contribution is 7.99. The lowest BCUT2D eigenvalue weighted by atomic mass is 10.3. The van der Waals surface area contributed by atoms with Crippen molar-refractivity contribution in [3.63, 3.8) is 0 Å². The number of hydrogen-bond acceptors (Lipinski definition) is 7. The highest BCUT2D eigenvalue weighted by Crippen LogP contribution is 2.22. The molecule has 0 saturated heterocycles. The molecule has 2 aromatic heterocycles. The second-order valence-electron chi connectivity index (χ2n) is 4.75. The number of furan rings is 1. The van der Waals surface area contributed by atoms with E-state index in [1.165, 1.54) is 16.4 Å². The van der Waals surface area contributed by atoms with Crippen LogP contribution in [0.25, 0.3) is 11.6 Å². The van der Waals surface area contributed by atoms with Crippen LogP contribution in [0.4, 0.5) is 0 Å². The van der Waals surface area contributed by atoms with Gasteiger partial charge in [0.1, 0.15) is 11.5 Å². The van der Waals surface area contributed by atoms with Gasteiger partial charge < -0.3 is 19.7 Å². The van der Waals surface area contributed by atoms with Crippen LogP contribution in [-0.4, -0.2) is 33.8 Å². The van der Waals surface area contributed by atoms with Crippen molar-refractivity contribution in [2.75, 3.05) is 24.8 Å². The van der Waals surface area contributed by atoms with Crippen molar-refractivity contribution >= 4 is 11.8 Å². The third-order valence-corrected chi connectivity index (χ3v) is 4.03. The normalized spacial score (nSPS) is 10.7. The van der Waals surface area contributed by atoms with E-state index in [0.717, 1.165) is 11.5 Å². The van der Waals surface area contributed by atoms with Gasteiger partial charge in [0.05, 0.1) is 19.5 Å². The maximum atomic E-state index is 5.99. The Morgan fingerprint density at radius 2 is 1.88 bits per heavy atom. The molecule has 24 heavy (non-hydrogen) atoms. The van der Waals surface area contributed by atoms with E-state index in [4.69, 9.17) is 19.7 Å². The van der Waals surface area contributed by atoms with Gasteiger partial charge in [0, 0.05) is 5.75 Å². The average Bonchev–Trinajstić information content (AvgIpc) is 3.23. The summed E-state index contributed by atoms with van der Waals surface area (Å²) >= 11 is 1.47. The molecule has 1 aromatic carbocycles. The molecule has 0 unspecified atom stereocenters. The first-order chi connectivity index (χ1) is 11.8. The lowest BCUT2D eigenvalue weighted by Gasteiger charge is -2.07. The second kappa shape index (κ2) is 7.78. The molecule has 2 heterocycles. The highest BCUT2D eigenvalue weighted by Gasteiger charge is 2.13. The third-order valence-electron chi connectivity index (χ3n) is 3.12. The molecule has 7 nitrogen and oxygen atoms in total. The van der Waals surface area contributed by atoms with Gasteiger partial charge in [-0.25, -0.2) is 4.68 Å². The fraction of sp³-hybridized carbons (Fsp3) is 0.250. The van der Waals surface area contributed by atoms with E-state index in [0.29, 0.717) is 35.7 Å². The first-order valence-electron chi connectivity index (χ1n) is 7.50. The molecule has 0 saturated carbocycles. The lowest BCUT2D eigenvalue weighted by molar-refractivity contribution is 0.332. The molecule has 0 radical (unpaired) electrons. The topological polar surface area (TPSA) is 88.3 Å². The molecule has 2 N–H and O–H groups in total. The summed E-state index contributed by atoms with van der Waals surface area (Å²) in [5, 5.41) is 8.72. The summed E-state index contributed by atoms with van der Waals surface area (Å²) in [6.07, 6.45) is 1.57. The minimum atomic E-state index is 0.495. The van der Waals surface area contributed by atoms with Crippen molar-refractivity contribution in [3.8, 4) is 23.1 Å². The molecular weight excluding hydrogens is 328 g/mol. The smallest absolute Gasteiger partial charge is 0.218 e. The Bertz CT molecular complexity index is 756. The number of aromatic nitrogens is 3. The maximum Gasteiger partial charge on any atom is 0.218 e. The third kappa shape index (κ3) is 3.83. The molecule has 0 bridgehead atoms. The quantitative estimate of drug-likeness (QED) is 0.381. The molecule has 0 aliphatic carbocycles. The SMILES string of the molecule is CCOc1ccc(OCCSc2nnc(-c3ccco3)n2N)cc1. The standard InChI is InChI=1S/C16H18N4O3S/c1-2-21-12-5-7-13(8-6-12)22-10-11-24-16-19-18-15(20(16)17)14-4-3-9-23-14/h3-9H,2,10-11,17H2,1H3. The van der Waals surface area contributed by atoms with Crippen LogP contribution in [0.15, 0.2) is 52.2 Å². The Kier molecular flexibility index (Phi) is 5.27.